The van der Waals surface area contributed by atoms with Gasteiger partial charge < -0.3 is 4.74 Å². The number of rotatable bonds is 2. The molecule has 18 heavy (non-hydrogen) atoms. The predicted molar refractivity (Wildman–Crippen MR) is 70.5 cm³/mol. The number of hydrogen-bond donors (Lipinski definition) is 0. The van der Waals surface area contributed by atoms with Crippen LogP contribution >= 0.6 is 0 Å². The second-order valence-corrected chi connectivity index (χ2v) is 4.50. The van der Waals surface area contributed by atoms with Crippen LogP contribution in [-0.4, -0.2) is 5.97 Å². The van der Waals surface area contributed by atoms with Crippen LogP contribution < -0.4 is 4.74 Å². The van der Waals surface area contributed by atoms with E-state index in [9.17, 15) is 4.79 Å². The van der Waals surface area contributed by atoms with Crippen molar-refractivity contribution in [3.05, 3.63) is 54.1 Å². The molecule has 0 aliphatic carbocycles. The van der Waals surface area contributed by atoms with Crippen molar-refractivity contribution in [3.63, 3.8) is 0 Å². The van der Waals surface area contributed by atoms with Crippen molar-refractivity contribution in [2.24, 2.45) is 0 Å². The number of benzene rings is 2. The normalized spacial score (nSPS) is 17.4. The quantitative estimate of drug-likeness (QED) is 0.588. The molecule has 90 valence electrons. The third kappa shape index (κ3) is 1.70. The number of hydrogen-bond acceptors (Lipinski definition) is 2. The zero-order chi connectivity index (χ0) is 12.5. The zero-order valence-corrected chi connectivity index (χ0v) is 10.2. The maximum Gasteiger partial charge on any atom is 0.318 e. The molecule has 2 aromatic carbocycles. The van der Waals surface area contributed by atoms with Crippen LogP contribution in [0.1, 0.15) is 24.8 Å². The molecule has 0 spiro atoms. The standard InChI is InChI=1S/C16H14O2/c1-2-13-14-9-8-12(10-15(14)18-16(13)17)11-6-4-3-5-7-11/h3-10,13H,2H2,1H3/t13-/m0/s1. The highest BCUT2D eigenvalue weighted by Gasteiger charge is 2.31. The molecule has 1 atom stereocenters. The Balaban J connectivity index is 2.04. The van der Waals surface area contributed by atoms with Crippen LogP contribution in [0.2, 0.25) is 0 Å². The Kier molecular flexibility index (Phi) is 2.63. The summed E-state index contributed by atoms with van der Waals surface area (Å²) < 4.78 is 5.33. The first-order valence-electron chi connectivity index (χ1n) is 6.20. The van der Waals surface area contributed by atoms with Gasteiger partial charge in [0.2, 0.25) is 0 Å². The van der Waals surface area contributed by atoms with E-state index in [2.05, 4.69) is 18.2 Å². The molecule has 0 saturated heterocycles. The molecule has 0 N–H and O–H groups in total. The minimum atomic E-state index is -0.127. The van der Waals surface area contributed by atoms with Crippen molar-refractivity contribution in [2.45, 2.75) is 19.3 Å². The highest BCUT2D eigenvalue weighted by atomic mass is 16.5. The molecule has 2 nitrogen and oxygen atoms in total. The molecule has 1 aliphatic heterocycles. The van der Waals surface area contributed by atoms with E-state index >= 15 is 0 Å². The van der Waals surface area contributed by atoms with Gasteiger partial charge in [-0.15, -0.1) is 0 Å². The molecule has 0 saturated carbocycles. The van der Waals surface area contributed by atoms with E-state index in [1.165, 1.54) is 0 Å². The lowest BCUT2D eigenvalue weighted by molar-refractivity contribution is -0.134. The Morgan fingerprint density at radius 1 is 1.06 bits per heavy atom. The van der Waals surface area contributed by atoms with Gasteiger partial charge in [-0.1, -0.05) is 49.4 Å². The van der Waals surface area contributed by atoms with Gasteiger partial charge in [0.15, 0.2) is 0 Å². The fourth-order valence-corrected chi connectivity index (χ4v) is 2.41. The Labute approximate surface area is 106 Å². The van der Waals surface area contributed by atoms with Gasteiger partial charge >= 0.3 is 5.97 Å². The van der Waals surface area contributed by atoms with E-state index in [1.54, 1.807) is 0 Å². The minimum Gasteiger partial charge on any atom is -0.426 e. The Hall–Kier alpha value is -2.09. The number of fused-ring (bicyclic) bond motifs is 1. The molecule has 0 bridgehead atoms. The Morgan fingerprint density at radius 2 is 1.83 bits per heavy atom. The fraction of sp³-hybridized carbons (Fsp3) is 0.188. The largest absolute Gasteiger partial charge is 0.426 e. The van der Waals surface area contributed by atoms with Crippen LogP contribution in [0, 0.1) is 0 Å². The molecule has 1 heterocycles. The topological polar surface area (TPSA) is 26.3 Å². The maximum absolute atomic E-state index is 11.7. The fourth-order valence-electron chi connectivity index (χ4n) is 2.41. The molecular formula is C16H14O2. The molecular weight excluding hydrogens is 224 g/mol. The van der Waals surface area contributed by atoms with Gasteiger partial charge in [-0.2, -0.15) is 0 Å². The van der Waals surface area contributed by atoms with Crippen LogP contribution in [-0.2, 0) is 4.79 Å². The molecule has 1 aliphatic rings. The number of ether oxygens (including phenoxy) is 1. The summed E-state index contributed by atoms with van der Waals surface area (Å²) >= 11 is 0. The van der Waals surface area contributed by atoms with Crippen molar-refractivity contribution in [2.75, 3.05) is 0 Å². The van der Waals surface area contributed by atoms with Gasteiger partial charge in [-0.3, -0.25) is 4.79 Å². The summed E-state index contributed by atoms with van der Waals surface area (Å²) in [6.45, 7) is 2.01. The molecule has 0 radical (unpaired) electrons. The average Bonchev–Trinajstić information content (AvgIpc) is 2.74. The third-order valence-electron chi connectivity index (χ3n) is 3.40. The van der Waals surface area contributed by atoms with Crippen LogP contribution in [0.15, 0.2) is 48.5 Å². The molecule has 2 aromatic rings. The van der Waals surface area contributed by atoms with E-state index in [1.807, 2.05) is 37.3 Å². The van der Waals surface area contributed by atoms with Gasteiger partial charge in [0, 0.05) is 5.56 Å². The summed E-state index contributed by atoms with van der Waals surface area (Å²) in [5.41, 5.74) is 3.23. The monoisotopic (exact) mass is 238 g/mol. The van der Waals surface area contributed by atoms with E-state index in [0.717, 1.165) is 23.1 Å². The molecule has 0 amide bonds. The summed E-state index contributed by atoms with van der Waals surface area (Å²) in [6, 6.07) is 16.1. The number of esters is 1. The first-order chi connectivity index (χ1) is 8.79. The van der Waals surface area contributed by atoms with Crippen molar-refractivity contribution >= 4 is 5.97 Å². The van der Waals surface area contributed by atoms with E-state index in [0.29, 0.717) is 5.75 Å². The van der Waals surface area contributed by atoms with Crippen LogP contribution in [0.3, 0.4) is 0 Å². The summed E-state index contributed by atoms with van der Waals surface area (Å²) in [4.78, 5) is 11.7. The van der Waals surface area contributed by atoms with Crippen molar-refractivity contribution < 1.29 is 9.53 Å². The van der Waals surface area contributed by atoms with Gasteiger partial charge in [-0.25, -0.2) is 0 Å². The van der Waals surface area contributed by atoms with Crippen LogP contribution in [0.5, 0.6) is 5.75 Å². The van der Waals surface area contributed by atoms with Crippen LogP contribution in [0.25, 0.3) is 11.1 Å². The first kappa shape index (κ1) is 11.0. The average molecular weight is 238 g/mol. The van der Waals surface area contributed by atoms with Gasteiger partial charge in [0.1, 0.15) is 5.75 Å². The number of carbonyl (C=O) groups excluding carboxylic acids is 1. The van der Waals surface area contributed by atoms with Gasteiger partial charge in [0.05, 0.1) is 5.92 Å². The summed E-state index contributed by atoms with van der Waals surface area (Å²) in [5.74, 6) is 0.496. The molecule has 3 rings (SSSR count). The zero-order valence-electron chi connectivity index (χ0n) is 10.2. The highest BCUT2D eigenvalue weighted by Crippen LogP contribution is 2.39. The SMILES string of the molecule is CC[C@@H]1C(=O)Oc2cc(-c3ccccc3)ccc21. The summed E-state index contributed by atoms with van der Waals surface area (Å²) in [6.07, 6.45) is 0.788. The van der Waals surface area contributed by atoms with Crippen molar-refractivity contribution in [1.29, 1.82) is 0 Å². The van der Waals surface area contributed by atoms with E-state index < -0.39 is 0 Å². The molecule has 0 aromatic heterocycles. The van der Waals surface area contributed by atoms with Crippen molar-refractivity contribution in [1.82, 2.24) is 0 Å². The molecule has 2 heteroatoms. The smallest absolute Gasteiger partial charge is 0.318 e. The van der Waals surface area contributed by atoms with Gasteiger partial charge in [0.25, 0.3) is 0 Å². The van der Waals surface area contributed by atoms with E-state index in [-0.39, 0.29) is 11.9 Å². The summed E-state index contributed by atoms with van der Waals surface area (Å²) in [7, 11) is 0. The lowest BCUT2D eigenvalue weighted by Gasteiger charge is -2.05. The second kappa shape index (κ2) is 4.30. The summed E-state index contributed by atoms with van der Waals surface area (Å²) in [5, 5.41) is 0. The number of carbonyl (C=O) groups is 1. The minimum absolute atomic E-state index is 0.0928. The lowest BCUT2D eigenvalue weighted by Crippen LogP contribution is -2.08. The molecule has 0 unspecified atom stereocenters. The first-order valence-corrected chi connectivity index (χ1v) is 6.20. The van der Waals surface area contributed by atoms with E-state index in [4.69, 9.17) is 4.74 Å². The van der Waals surface area contributed by atoms with Gasteiger partial charge in [-0.05, 0) is 23.6 Å². The lowest BCUT2D eigenvalue weighted by atomic mass is 9.95. The third-order valence-corrected chi connectivity index (χ3v) is 3.40. The van der Waals surface area contributed by atoms with Crippen LogP contribution in [0.4, 0.5) is 0 Å². The predicted octanol–water partition coefficient (Wildman–Crippen LogP) is 3.77. The Morgan fingerprint density at radius 3 is 2.56 bits per heavy atom. The molecule has 0 fully saturated rings. The van der Waals surface area contributed by atoms with Crippen molar-refractivity contribution in [3.8, 4) is 16.9 Å². The Bertz CT molecular complexity index is 587. The second-order valence-electron chi connectivity index (χ2n) is 4.50. The highest BCUT2D eigenvalue weighted by molar-refractivity contribution is 5.87. The maximum atomic E-state index is 11.7.